The molecule has 3 N–H and O–H groups in total. The number of para-hydroxylation sites is 1. The normalized spacial score (nSPS) is 10.7. The Kier molecular flexibility index (Phi) is 7.93. The van der Waals surface area contributed by atoms with Crippen molar-refractivity contribution in [1.82, 2.24) is 0 Å². The lowest BCUT2D eigenvalue weighted by atomic mass is 10.1. The molecule has 9 heteroatoms. The molecule has 176 valence electrons. The van der Waals surface area contributed by atoms with Gasteiger partial charge in [0, 0.05) is 26.9 Å². The first kappa shape index (κ1) is 25.0. The number of nitrogens with one attached hydrogen (secondary N) is 1. The van der Waals surface area contributed by atoms with Crippen molar-refractivity contribution in [3.05, 3.63) is 110 Å². The summed E-state index contributed by atoms with van der Waals surface area (Å²) in [6, 6.07) is 21.9. The zero-order valence-corrected chi connectivity index (χ0v) is 21.2. The molecule has 0 saturated carbocycles. The van der Waals surface area contributed by atoms with Crippen LogP contribution < -0.4 is 11.1 Å². The molecule has 1 heterocycles. The van der Waals surface area contributed by atoms with E-state index in [1.807, 2.05) is 6.07 Å². The van der Waals surface area contributed by atoms with Gasteiger partial charge in [-0.15, -0.1) is 23.1 Å². The lowest BCUT2D eigenvalue weighted by Crippen LogP contribution is -2.15. The van der Waals surface area contributed by atoms with Gasteiger partial charge in [0.2, 0.25) is 5.78 Å². The van der Waals surface area contributed by atoms with Crippen LogP contribution in [0.1, 0.15) is 36.0 Å². The van der Waals surface area contributed by atoms with E-state index in [1.165, 1.54) is 0 Å². The Morgan fingerprint density at radius 1 is 0.829 bits per heavy atom. The van der Waals surface area contributed by atoms with Crippen molar-refractivity contribution in [2.75, 3.05) is 16.8 Å². The molecule has 0 aliphatic heterocycles. The minimum Gasteiger partial charge on any atom is -0.397 e. The second kappa shape index (κ2) is 11.1. The molecular formula is C26H18Cl2N2O3S2. The molecule has 0 unspecified atom stereocenters. The molecule has 0 aliphatic carbocycles. The second-order valence-electron chi connectivity index (χ2n) is 7.38. The largest absolute Gasteiger partial charge is 0.397 e. The van der Waals surface area contributed by atoms with E-state index in [0.717, 1.165) is 23.1 Å². The Morgan fingerprint density at radius 3 is 2.00 bits per heavy atom. The quantitative estimate of drug-likeness (QED) is 0.184. The van der Waals surface area contributed by atoms with Crippen molar-refractivity contribution >= 4 is 75.1 Å². The van der Waals surface area contributed by atoms with Crippen molar-refractivity contribution in [1.29, 1.82) is 0 Å². The monoisotopic (exact) mass is 540 g/mol. The molecule has 0 radical (unpaired) electrons. The molecule has 0 spiro atoms. The van der Waals surface area contributed by atoms with Crippen LogP contribution in [0, 0.1) is 0 Å². The second-order valence-corrected chi connectivity index (χ2v) is 10.5. The minimum atomic E-state index is -0.457. The van der Waals surface area contributed by atoms with Crippen LogP contribution in [0.2, 0.25) is 10.0 Å². The summed E-state index contributed by atoms with van der Waals surface area (Å²) in [6.45, 7) is 0. The van der Waals surface area contributed by atoms with E-state index in [0.29, 0.717) is 31.1 Å². The van der Waals surface area contributed by atoms with E-state index < -0.39 is 5.91 Å². The summed E-state index contributed by atoms with van der Waals surface area (Å²) in [6.07, 6.45) is 0. The average molecular weight is 541 g/mol. The SMILES string of the molecule is Nc1c(C(=O)c2ccc(Cl)cc2)sc(SCC(=O)c2ccc(Cl)cc2)c1C(=O)Nc1ccccc1. The first-order valence-corrected chi connectivity index (χ1v) is 12.9. The molecule has 0 saturated heterocycles. The summed E-state index contributed by atoms with van der Waals surface area (Å²) in [5.74, 6) is -0.865. The number of anilines is 2. The van der Waals surface area contributed by atoms with Gasteiger partial charge in [-0.05, 0) is 60.7 Å². The highest BCUT2D eigenvalue weighted by Gasteiger charge is 2.27. The Hall–Kier alpha value is -3.10. The molecule has 0 bridgehead atoms. The Bertz CT molecular complexity index is 1390. The van der Waals surface area contributed by atoms with Gasteiger partial charge in [0.25, 0.3) is 5.91 Å². The zero-order chi connectivity index (χ0) is 24.9. The van der Waals surface area contributed by atoms with E-state index in [1.54, 1.807) is 72.8 Å². The van der Waals surface area contributed by atoms with E-state index >= 15 is 0 Å². The number of thioether (sulfide) groups is 1. The third-order valence-corrected chi connectivity index (χ3v) is 7.96. The number of thiophene rings is 1. The van der Waals surface area contributed by atoms with Crippen molar-refractivity contribution in [3.63, 3.8) is 0 Å². The highest BCUT2D eigenvalue weighted by atomic mass is 35.5. The number of hydrogen-bond donors (Lipinski definition) is 2. The molecular weight excluding hydrogens is 523 g/mol. The number of rotatable bonds is 8. The van der Waals surface area contributed by atoms with Gasteiger partial charge in [0.05, 0.1) is 26.1 Å². The number of nitrogen functional groups attached to an aromatic ring is 1. The summed E-state index contributed by atoms with van der Waals surface area (Å²) in [4.78, 5) is 39.3. The van der Waals surface area contributed by atoms with Crippen LogP contribution in [0.15, 0.2) is 83.1 Å². The first-order valence-electron chi connectivity index (χ1n) is 10.3. The van der Waals surface area contributed by atoms with E-state index in [2.05, 4.69) is 5.32 Å². The van der Waals surface area contributed by atoms with Crippen LogP contribution in [0.3, 0.4) is 0 Å². The summed E-state index contributed by atoms with van der Waals surface area (Å²) < 4.78 is 0.482. The van der Waals surface area contributed by atoms with Crippen LogP contribution in [-0.4, -0.2) is 23.2 Å². The molecule has 1 aromatic heterocycles. The van der Waals surface area contributed by atoms with Gasteiger partial charge >= 0.3 is 0 Å². The highest BCUT2D eigenvalue weighted by Crippen LogP contribution is 2.40. The zero-order valence-electron chi connectivity index (χ0n) is 18.1. The van der Waals surface area contributed by atoms with Crippen molar-refractivity contribution in [3.8, 4) is 0 Å². The maximum absolute atomic E-state index is 13.2. The van der Waals surface area contributed by atoms with Crippen molar-refractivity contribution in [2.45, 2.75) is 4.21 Å². The Morgan fingerprint density at radius 2 is 1.40 bits per heavy atom. The molecule has 5 nitrogen and oxygen atoms in total. The van der Waals surface area contributed by atoms with Gasteiger partial charge in [-0.2, -0.15) is 0 Å². The van der Waals surface area contributed by atoms with Gasteiger partial charge in [-0.1, -0.05) is 41.4 Å². The molecule has 35 heavy (non-hydrogen) atoms. The molecule has 0 aliphatic rings. The topological polar surface area (TPSA) is 89.3 Å². The fraction of sp³-hybridized carbons (Fsp3) is 0.0385. The maximum Gasteiger partial charge on any atom is 0.259 e. The first-order chi connectivity index (χ1) is 16.8. The standard InChI is InChI=1S/C26H18Cl2N2O3S2/c27-17-10-6-15(7-11-17)20(31)14-34-26-21(25(33)30-19-4-2-1-3-5-19)22(29)24(35-26)23(32)16-8-12-18(28)13-9-16/h1-13H,14,29H2,(H,30,33). The van der Waals surface area contributed by atoms with Crippen molar-refractivity contribution < 1.29 is 14.4 Å². The Balaban J connectivity index is 1.65. The summed E-state index contributed by atoms with van der Waals surface area (Å²) >= 11 is 14.1. The van der Waals surface area contributed by atoms with Gasteiger partial charge < -0.3 is 11.1 Å². The fourth-order valence-electron chi connectivity index (χ4n) is 3.21. The fourth-order valence-corrected chi connectivity index (χ4v) is 5.81. The number of halogens is 2. The van der Waals surface area contributed by atoms with E-state index in [9.17, 15) is 14.4 Å². The molecule has 0 atom stereocenters. The van der Waals surface area contributed by atoms with Crippen LogP contribution in [0.4, 0.5) is 11.4 Å². The molecule has 1 amide bonds. The number of Topliss-reactive ketones (excluding diaryl/α,β-unsaturated/α-hetero) is 1. The highest BCUT2D eigenvalue weighted by molar-refractivity contribution is 8.01. The smallest absolute Gasteiger partial charge is 0.259 e. The predicted molar refractivity (Wildman–Crippen MR) is 145 cm³/mol. The number of benzene rings is 3. The summed E-state index contributed by atoms with van der Waals surface area (Å²) in [7, 11) is 0. The molecule has 4 rings (SSSR count). The number of nitrogens with two attached hydrogens (primary N) is 1. The number of amides is 1. The average Bonchev–Trinajstić information content (AvgIpc) is 3.19. The summed E-state index contributed by atoms with van der Waals surface area (Å²) in [5, 5.41) is 3.84. The molecule has 4 aromatic rings. The van der Waals surface area contributed by atoms with Crippen LogP contribution in [0.5, 0.6) is 0 Å². The third-order valence-electron chi connectivity index (χ3n) is 4.98. The number of ketones is 2. The van der Waals surface area contributed by atoms with Crippen LogP contribution in [0.25, 0.3) is 0 Å². The predicted octanol–water partition coefficient (Wildman–Crippen LogP) is 7.10. The Labute approximate surface area is 220 Å². The van der Waals surface area contributed by atoms with Crippen molar-refractivity contribution in [2.24, 2.45) is 0 Å². The molecule has 0 fully saturated rings. The lowest BCUT2D eigenvalue weighted by Gasteiger charge is -2.07. The van der Waals surface area contributed by atoms with Gasteiger partial charge in [-0.3, -0.25) is 14.4 Å². The van der Waals surface area contributed by atoms with Gasteiger partial charge in [0.1, 0.15) is 0 Å². The van der Waals surface area contributed by atoms with Gasteiger partial charge in [-0.25, -0.2) is 0 Å². The van der Waals surface area contributed by atoms with Crippen LogP contribution in [-0.2, 0) is 0 Å². The van der Waals surface area contributed by atoms with Gasteiger partial charge in [0.15, 0.2) is 5.78 Å². The minimum absolute atomic E-state index is 0.0573. The molecule has 3 aromatic carbocycles. The summed E-state index contributed by atoms with van der Waals surface area (Å²) in [5.41, 5.74) is 8.07. The maximum atomic E-state index is 13.2. The number of carbonyl (C=O) groups is 3. The number of hydrogen-bond acceptors (Lipinski definition) is 6. The van der Waals surface area contributed by atoms with E-state index in [4.69, 9.17) is 28.9 Å². The third kappa shape index (κ3) is 5.94. The lowest BCUT2D eigenvalue weighted by molar-refractivity contribution is 0.101. The van der Waals surface area contributed by atoms with Crippen LogP contribution >= 0.6 is 46.3 Å². The van der Waals surface area contributed by atoms with E-state index in [-0.39, 0.29) is 33.4 Å². The number of carbonyl (C=O) groups excluding carboxylic acids is 3.